The van der Waals surface area contributed by atoms with Gasteiger partial charge in [0.2, 0.25) is 11.7 Å². The van der Waals surface area contributed by atoms with E-state index in [1.807, 2.05) is 6.07 Å². The molecule has 1 amide bonds. The maximum atomic E-state index is 12.8. The third-order valence-electron chi connectivity index (χ3n) is 3.63. The maximum Gasteiger partial charge on any atom is 0.416 e. The summed E-state index contributed by atoms with van der Waals surface area (Å²) in [7, 11) is 1.63. The van der Waals surface area contributed by atoms with Gasteiger partial charge in [-0.15, -0.1) is 21.5 Å². The van der Waals surface area contributed by atoms with E-state index in [0.29, 0.717) is 10.9 Å². The standard InChI is InChI=1S/C16H13ClF3N5OS/c1-24(8-12-5-6-13(17)27-12)14(26)9-25-22-15(21-23-25)10-3-2-4-11(7-10)16(18,19)20/h2-7H,8-9H2,1H3. The molecular weight excluding hydrogens is 403 g/mol. The third kappa shape index (κ3) is 4.83. The fourth-order valence-electron chi connectivity index (χ4n) is 2.26. The van der Waals surface area contributed by atoms with Gasteiger partial charge in [-0.2, -0.15) is 18.0 Å². The number of nitrogens with zero attached hydrogens (tertiary/aromatic N) is 5. The summed E-state index contributed by atoms with van der Waals surface area (Å²) in [6, 6.07) is 8.20. The number of tetrazole rings is 1. The largest absolute Gasteiger partial charge is 0.416 e. The summed E-state index contributed by atoms with van der Waals surface area (Å²) >= 11 is 7.24. The fraction of sp³-hybridized carbons (Fsp3) is 0.250. The zero-order valence-electron chi connectivity index (χ0n) is 13.9. The van der Waals surface area contributed by atoms with E-state index in [-0.39, 0.29) is 23.8 Å². The average molecular weight is 416 g/mol. The molecular formula is C16H13ClF3N5OS. The molecule has 0 unspecified atom stereocenters. The van der Waals surface area contributed by atoms with Crippen molar-refractivity contribution in [2.24, 2.45) is 0 Å². The highest BCUT2D eigenvalue weighted by molar-refractivity contribution is 7.16. The fourth-order valence-corrected chi connectivity index (χ4v) is 3.40. The zero-order valence-corrected chi connectivity index (χ0v) is 15.5. The van der Waals surface area contributed by atoms with E-state index in [1.54, 1.807) is 13.1 Å². The maximum absolute atomic E-state index is 12.8. The molecule has 142 valence electrons. The minimum atomic E-state index is -4.46. The van der Waals surface area contributed by atoms with E-state index >= 15 is 0 Å². The number of hydrogen-bond donors (Lipinski definition) is 0. The lowest BCUT2D eigenvalue weighted by Gasteiger charge is -2.15. The first kappa shape index (κ1) is 19.3. The molecule has 0 saturated heterocycles. The van der Waals surface area contributed by atoms with Crippen LogP contribution in [0.2, 0.25) is 4.34 Å². The van der Waals surface area contributed by atoms with Gasteiger partial charge in [-0.1, -0.05) is 23.7 Å². The Bertz CT molecular complexity index is 955. The molecule has 2 aromatic heterocycles. The highest BCUT2D eigenvalue weighted by atomic mass is 35.5. The molecule has 1 aromatic carbocycles. The Morgan fingerprint density at radius 1 is 1.30 bits per heavy atom. The van der Waals surface area contributed by atoms with E-state index in [2.05, 4.69) is 15.4 Å². The van der Waals surface area contributed by atoms with Gasteiger partial charge in [0.05, 0.1) is 16.4 Å². The Kier molecular flexibility index (Phi) is 5.47. The van der Waals surface area contributed by atoms with Crippen LogP contribution in [-0.4, -0.2) is 38.1 Å². The molecule has 0 atom stereocenters. The molecule has 0 aliphatic carbocycles. The van der Waals surface area contributed by atoms with Crippen LogP contribution < -0.4 is 0 Å². The highest BCUT2D eigenvalue weighted by Crippen LogP contribution is 2.31. The third-order valence-corrected chi connectivity index (χ3v) is 4.84. The summed E-state index contributed by atoms with van der Waals surface area (Å²) in [4.78, 5) is 15.7. The van der Waals surface area contributed by atoms with Crippen molar-refractivity contribution in [3.05, 3.63) is 51.2 Å². The molecule has 27 heavy (non-hydrogen) atoms. The number of alkyl halides is 3. The van der Waals surface area contributed by atoms with Crippen LogP contribution in [0.1, 0.15) is 10.4 Å². The van der Waals surface area contributed by atoms with Crippen LogP contribution in [0.4, 0.5) is 13.2 Å². The minimum absolute atomic E-state index is 0.0154. The normalized spacial score (nSPS) is 11.6. The number of halogens is 4. The number of aromatic nitrogens is 4. The molecule has 0 radical (unpaired) electrons. The first-order chi connectivity index (χ1) is 12.7. The summed E-state index contributed by atoms with van der Waals surface area (Å²) in [5.41, 5.74) is -0.633. The summed E-state index contributed by atoms with van der Waals surface area (Å²) in [5.74, 6) is -0.255. The first-order valence-electron chi connectivity index (χ1n) is 7.66. The smallest absolute Gasteiger partial charge is 0.339 e. The van der Waals surface area contributed by atoms with Gasteiger partial charge in [0.25, 0.3) is 0 Å². The molecule has 3 rings (SSSR count). The molecule has 6 nitrogen and oxygen atoms in total. The van der Waals surface area contributed by atoms with E-state index in [0.717, 1.165) is 21.8 Å². The number of hydrogen-bond acceptors (Lipinski definition) is 5. The van der Waals surface area contributed by atoms with Gasteiger partial charge < -0.3 is 4.90 Å². The summed E-state index contributed by atoms with van der Waals surface area (Å²) < 4.78 is 39.1. The quantitative estimate of drug-likeness (QED) is 0.637. The van der Waals surface area contributed by atoms with Gasteiger partial charge in [-0.25, -0.2) is 0 Å². The average Bonchev–Trinajstić information content (AvgIpc) is 3.23. The molecule has 0 bridgehead atoms. The van der Waals surface area contributed by atoms with Crippen LogP contribution in [0.5, 0.6) is 0 Å². The number of thiophene rings is 1. The van der Waals surface area contributed by atoms with Gasteiger partial charge >= 0.3 is 6.18 Å². The van der Waals surface area contributed by atoms with Crippen LogP contribution in [0.15, 0.2) is 36.4 Å². The molecule has 0 aliphatic heterocycles. The van der Waals surface area contributed by atoms with Crippen molar-refractivity contribution in [3.63, 3.8) is 0 Å². The number of amides is 1. The number of likely N-dealkylation sites (N-methyl/N-ethyl adjacent to an activating group) is 1. The Hall–Kier alpha value is -2.46. The Labute approximate surface area is 161 Å². The lowest BCUT2D eigenvalue weighted by Crippen LogP contribution is -2.30. The van der Waals surface area contributed by atoms with Crippen LogP contribution in [0.3, 0.4) is 0 Å². The molecule has 0 spiro atoms. The first-order valence-corrected chi connectivity index (χ1v) is 8.85. The number of rotatable bonds is 5. The second kappa shape index (κ2) is 7.65. The lowest BCUT2D eigenvalue weighted by molar-refractivity contribution is -0.137. The van der Waals surface area contributed by atoms with Gasteiger partial charge in [0.15, 0.2) is 0 Å². The second-order valence-electron chi connectivity index (χ2n) is 5.68. The van der Waals surface area contributed by atoms with E-state index < -0.39 is 11.7 Å². The van der Waals surface area contributed by atoms with Crippen molar-refractivity contribution in [3.8, 4) is 11.4 Å². The van der Waals surface area contributed by atoms with Gasteiger partial charge in [0.1, 0.15) is 6.54 Å². The molecule has 0 aliphatic rings. The Morgan fingerprint density at radius 3 is 2.74 bits per heavy atom. The second-order valence-corrected chi connectivity index (χ2v) is 7.48. The van der Waals surface area contributed by atoms with Gasteiger partial charge in [-0.3, -0.25) is 4.79 Å². The zero-order chi connectivity index (χ0) is 19.6. The molecule has 11 heteroatoms. The van der Waals surface area contributed by atoms with Crippen LogP contribution in [0.25, 0.3) is 11.4 Å². The van der Waals surface area contributed by atoms with Gasteiger partial charge in [-0.05, 0) is 29.5 Å². The lowest BCUT2D eigenvalue weighted by atomic mass is 10.1. The van der Waals surface area contributed by atoms with Gasteiger partial charge in [0, 0.05) is 17.5 Å². The van der Waals surface area contributed by atoms with E-state index in [1.165, 1.54) is 28.4 Å². The summed E-state index contributed by atoms with van der Waals surface area (Å²) in [6.07, 6.45) is -4.46. The van der Waals surface area contributed by atoms with Crippen molar-refractivity contribution in [1.82, 2.24) is 25.1 Å². The summed E-state index contributed by atoms with van der Waals surface area (Å²) in [6.45, 7) is 0.201. The molecule has 3 aromatic rings. The van der Waals surface area contributed by atoms with Crippen molar-refractivity contribution >= 4 is 28.8 Å². The van der Waals surface area contributed by atoms with E-state index in [9.17, 15) is 18.0 Å². The van der Waals surface area contributed by atoms with Crippen LogP contribution in [0, 0.1) is 0 Å². The number of carbonyl (C=O) groups excluding carboxylic acids is 1. The van der Waals surface area contributed by atoms with Crippen LogP contribution >= 0.6 is 22.9 Å². The monoisotopic (exact) mass is 415 g/mol. The SMILES string of the molecule is CN(Cc1ccc(Cl)s1)C(=O)Cn1nnc(-c2cccc(C(F)(F)F)c2)n1. The number of benzene rings is 1. The van der Waals surface area contributed by atoms with Crippen LogP contribution in [-0.2, 0) is 24.1 Å². The molecule has 0 saturated carbocycles. The van der Waals surface area contributed by atoms with Crippen molar-refractivity contribution < 1.29 is 18.0 Å². The number of carbonyl (C=O) groups is 1. The Balaban J connectivity index is 1.68. The molecule has 0 fully saturated rings. The molecule has 0 N–H and O–H groups in total. The predicted octanol–water partition coefficient (Wildman–Crippen LogP) is 3.73. The van der Waals surface area contributed by atoms with Crippen molar-refractivity contribution in [2.45, 2.75) is 19.3 Å². The summed E-state index contributed by atoms with van der Waals surface area (Å²) in [5, 5.41) is 11.5. The van der Waals surface area contributed by atoms with Crippen molar-refractivity contribution in [2.75, 3.05) is 7.05 Å². The minimum Gasteiger partial charge on any atom is -0.339 e. The molecule has 2 heterocycles. The topological polar surface area (TPSA) is 63.9 Å². The highest BCUT2D eigenvalue weighted by Gasteiger charge is 2.30. The van der Waals surface area contributed by atoms with E-state index in [4.69, 9.17) is 11.6 Å². The van der Waals surface area contributed by atoms with Crippen molar-refractivity contribution in [1.29, 1.82) is 0 Å². The Morgan fingerprint density at radius 2 is 2.07 bits per heavy atom. The predicted molar refractivity (Wildman–Crippen MR) is 94.1 cm³/mol.